The molecule has 0 aliphatic heterocycles. The van der Waals surface area contributed by atoms with Gasteiger partial charge in [-0.25, -0.2) is 43.4 Å². The number of ether oxygens (including phenoxy) is 4. The van der Waals surface area contributed by atoms with Crippen LogP contribution in [0.4, 0.5) is 8.78 Å². The van der Waals surface area contributed by atoms with Gasteiger partial charge in [-0.15, -0.1) is 0 Å². The lowest BCUT2D eigenvalue weighted by Crippen LogP contribution is -2.52. The minimum absolute atomic E-state index is 0.00596. The number of aliphatic carboxylic acids is 1. The number of benzene rings is 4. The highest BCUT2D eigenvalue weighted by molar-refractivity contribution is 6.32. The Kier molecular flexibility index (Phi) is 22.9. The predicted molar refractivity (Wildman–Crippen MR) is 255 cm³/mol. The third kappa shape index (κ3) is 21.4. The van der Waals surface area contributed by atoms with Gasteiger partial charge < -0.3 is 39.4 Å². The first-order valence-electron chi connectivity index (χ1n) is 21.9. The summed E-state index contributed by atoms with van der Waals surface area (Å²) < 4.78 is 48.0. The number of hydrogen-bond acceptors (Lipinski definition) is 16. The number of carbonyl (C=O) groups is 6. The fraction of sp³-hybridized carbons (Fsp3) is 0.388. The maximum atomic E-state index is 14.2. The van der Waals surface area contributed by atoms with Crippen LogP contribution in [0.3, 0.4) is 0 Å². The highest BCUT2D eigenvalue weighted by atomic mass is 35.5. The van der Waals surface area contributed by atoms with Gasteiger partial charge in [-0.2, -0.15) is 0 Å². The number of aliphatic hydroxyl groups is 3. The Balaban J connectivity index is 0.000000383. The summed E-state index contributed by atoms with van der Waals surface area (Å²) in [5.74, 6) is -7.26. The van der Waals surface area contributed by atoms with E-state index in [0.29, 0.717) is 49.8 Å². The lowest BCUT2D eigenvalue weighted by molar-refractivity contribution is -0.176. The van der Waals surface area contributed by atoms with E-state index in [-0.39, 0.29) is 19.5 Å². The number of hydrogen-bond donors (Lipinski definition) is 6. The SMILES string of the molecule is CC(C)(C)OC(=O)C(=O)NN(Cc1ccc(-c2cc(Cl)ccc2F)cc1)C[C@@H](O)C(=O)O.CCCC(=O)OCOC(=O)[C@H](O)CN(Cc1ccc(-c2cc(Cl)ccc2F)cc1)NC(O)C(=O)OC(C)(C)C. The van der Waals surface area contributed by atoms with Crippen molar-refractivity contribution in [1.82, 2.24) is 20.9 Å². The summed E-state index contributed by atoms with van der Waals surface area (Å²) in [5, 5.41) is 42.5. The third-order valence-corrected chi connectivity index (χ3v) is 9.60. The van der Waals surface area contributed by atoms with Crippen molar-refractivity contribution in [2.75, 3.05) is 19.9 Å². The summed E-state index contributed by atoms with van der Waals surface area (Å²) in [7, 11) is 0. The molecule has 0 fully saturated rings. The van der Waals surface area contributed by atoms with Gasteiger partial charge in [-0.1, -0.05) is 78.7 Å². The van der Waals surface area contributed by atoms with Crippen LogP contribution in [0.1, 0.15) is 72.4 Å². The fourth-order valence-corrected chi connectivity index (χ4v) is 6.31. The number of esters is 4. The second-order valence-electron chi connectivity index (χ2n) is 17.6. The van der Waals surface area contributed by atoms with Crippen LogP contribution in [-0.2, 0) is 60.8 Å². The number of amides is 1. The molecule has 1 unspecified atom stereocenters. The van der Waals surface area contributed by atoms with Crippen LogP contribution in [0.5, 0.6) is 0 Å². The Morgan fingerprint density at radius 2 is 1.11 bits per heavy atom. The Morgan fingerprint density at radius 3 is 1.56 bits per heavy atom. The molecule has 0 saturated carbocycles. The summed E-state index contributed by atoms with van der Waals surface area (Å²) in [6, 6.07) is 21.6. The molecule has 4 aromatic rings. The molecule has 3 atom stereocenters. The second kappa shape index (κ2) is 27.5. The van der Waals surface area contributed by atoms with E-state index in [9.17, 15) is 52.9 Å². The molecule has 0 aliphatic carbocycles. The topological polar surface area (TPSA) is 251 Å². The smallest absolute Gasteiger partial charge is 0.398 e. The average molecular weight is 1040 g/mol. The van der Waals surface area contributed by atoms with Gasteiger partial charge in [0, 0.05) is 40.7 Å². The first kappa shape index (κ1) is 59.2. The number of carboxylic acid groups (broad SMARTS) is 1. The number of aliphatic hydroxyl groups excluding tert-OH is 3. The van der Waals surface area contributed by atoms with Crippen LogP contribution in [0.2, 0.25) is 10.0 Å². The number of carbonyl (C=O) groups excluding carboxylic acids is 5. The third-order valence-electron chi connectivity index (χ3n) is 9.13. The van der Waals surface area contributed by atoms with E-state index in [2.05, 4.69) is 10.9 Å². The number of nitrogens with zero attached hydrogens (tertiary/aromatic N) is 2. The highest BCUT2D eigenvalue weighted by Crippen LogP contribution is 2.28. The number of hydrazine groups is 2. The number of halogens is 4. The largest absolute Gasteiger partial charge is 0.479 e. The van der Waals surface area contributed by atoms with E-state index in [4.69, 9.17) is 47.3 Å². The molecule has 0 saturated heterocycles. The lowest BCUT2D eigenvalue weighted by atomic mass is 10.0. The molecule has 0 radical (unpaired) electrons. The normalized spacial score (nSPS) is 12.7. The standard InChI is InChI=1S/C27H34ClFN2O8.C22H24ClFN2O6/c1-5-6-23(33)37-16-38-25(35)22(32)15-31(30-24(34)26(36)39-27(2,3)4)14-17-7-9-18(10-8-17)20-13-19(28)11-12-21(20)29;1-22(2,3)32-21(31)19(28)25-26(12-18(27)20(29)30)11-13-4-6-14(7-5-13)16-10-15(23)8-9-17(16)24/h7-13,22,24,30,32,34H,5-6,14-16H2,1-4H3;4-10,18,27H,11-12H2,1-3H3,(H,25,28)(H,29,30)/t22-,24?;18-/m11/s1. The molecule has 1 amide bonds. The van der Waals surface area contributed by atoms with Crippen molar-refractivity contribution in [1.29, 1.82) is 0 Å². The molecule has 71 heavy (non-hydrogen) atoms. The average Bonchev–Trinajstić information content (AvgIpc) is 3.27. The second-order valence-corrected chi connectivity index (χ2v) is 18.5. The summed E-state index contributed by atoms with van der Waals surface area (Å²) in [5.41, 5.74) is 5.96. The molecule has 0 spiro atoms. The molecule has 0 aliphatic rings. The van der Waals surface area contributed by atoms with Gasteiger partial charge in [0.2, 0.25) is 13.0 Å². The van der Waals surface area contributed by atoms with E-state index < -0.39 is 96.9 Å². The molecule has 4 aromatic carbocycles. The Bertz CT molecular complexity index is 2450. The summed E-state index contributed by atoms with van der Waals surface area (Å²) in [6.45, 7) is 9.83. The maximum absolute atomic E-state index is 14.2. The molecule has 0 aromatic heterocycles. The minimum atomic E-state index is -1.82. The predicted octanol–water partition coefficient (Wildman–Crippen LogP) is 6.08. The Morgan fingerprint density at radius 1 is 0.648 bits per heavy atom. The van der Waals surface area contributed by atoms with E-state index in [1.807, 2.05) is 0 Å². The van der Waals surface area contributed by atoms with E-state index >= 15 is 0 Å². The van der Waals surface area contributed by atoms with Gasteiger partial charge in [0.1, 0.15) is 22.8 Å². The van der Waals surface area contributed by atoms with Crippen LogP contribution >= 0.6 is 23.2 Å². The molecule has 22 heteroatoms. The highest BCUT2D eigenvalue weighted by Gasteiger charge is 2.29. The van der Waals surface area contributed by atoms with Crippen LogP contribution < -0.4 is 10.9 Å². The van der Waals surface area contributed by atoms with Crippen molar-refractivity contribution in [3.05, 3.63) is 118 Å². The van der Waals surface area contributed by atoms with Crippen molar-refractivity contribution in [3.8, 4) is 22.3 Å². The molecule has 4 rings (SSSR count). The zero-order valence-electron chi connectivity index (χ0n) is 40.0. The van der Waals surface area contributed by atoms with E-state index in [1.165, 1.54) is 41.4 Å². The zero-order valence-corrected chi connectivity index (χ0v) is 41.6. The van der Waals surface area contributed by atoms with Crippen molar-refractivity contribution in [3.63, 3.8) is 0 Å². The van der Waals surface area contributed by atoms with Crippen molar-refractivity contribution >= 4 is 59.0 Å². The minimum Gasteiger partial charge on any atom is -0.479 e. The first-order valence-corrected chi connectivity index (χ1v) is 22.6. The van der Waals surface area contributed by atoms with Gasteiger partial charge in [0.25, 0.3) is 0 Å². The first-order chi connectivity index (χ1) is 33.1. The number of carboxylic acids is 1. The van der Waals surface area contributed by atoms with Crippen molar-refractivity contribution < 1.29 is 76.9 Å². The quantitative estimate of drug-likeness (QED) is 0.0193. The van der Waals surface area contributed by atoms with Crippen LogP contribution in [0.25, 0.3) is 22.3 Å². The summed E-state index contributed by atoms with van der Waals surface area (Å²) >= 11 is 11.9. The van der Waals surface area contributed by atoms with Crippen molar-refractivity contribution in [2.45, 2.75) is 104 Å². The van der Waals surface area contributed by atoms with Gasteiger partial charge in [0.05, 0.1) is 13.1 Å². The zero-order chi connectivity index (χ0) is 53.2. The monoisotopic (exact) mass is 1030 g/mol. The number of rotatable bonds is 20. The van der Waals surface area contributed by atoms with Gasteiger partial charge in [-0.05, 0) is 107 Å². The lowest BCUT2D eigenvalue weighted by Gasteiger charge is -2.29. The van der Waals surface area contributed by atoms with Crippen LogP contribution in [0.15, 0.2) is 84.9 Å². The Hall–Kier alpha value is -6.10. The van der Waals surface area contributed by atoms with E-state index in [1.54, 1.807) is 97.0 Å². The van der Waals surface area contributed by atoms with Gasteiger partial charge in [0.15, 0.2) is 12.2 Å². The van der Waals surface area contributed by atoms with Gasteiger partial charge in [-0.3, -0.25) is 15.0 Å². The molecule has 0 heterocycles. The van der Waals surface area contributed by atoms with Crippen LogP contribution in [0, 0.1) is 11.6 Å². The van der Waals surface area contributed by atoms with Gasteiger partial charge >= 0.3 is 35.8 Å². The molecular weight excluding hydrogens is 977 g/mol. The van der Waals surface area contributed by atoms with Crippen LogP contribution in [-0.4, -0.2) is 116 Å². The fourth-order valence-electron chi connectivity index (χ4n) is 5.96. The van der Waals surface area contributed by atoms with Crippen molar-refractivity contribution in [2.24, 2.45) is 0 Å². The Labute approximate surface area is 419 Å². The number of nitrogens with one attached hydrogen (secondary N) is 2. The van der Waals surface area contributed by atoms with E-state index in [0.717, 1.165) is 5.01 Å². The summed E-state index contributed by atoms with van der Waals surface area (Å²) in [6.07, 6.45) is -4.64. The molecule has 0 bridgehead atoms. The maximum Gasteiger partial charge on any atom is 0.398 e. The molecular formula is C49H58Cl2F2N4O14. The summed E-state index contributed by atoms with van der Waals surface area (Å²) in [4.78, 5) is 71.1. The molecule has 18 nitrogen and oxygen atoms in total. The molecule has 6 N–H and O–H groups in total. The molecule has 386 valence electrons.